The molecule has 0 saturated carbocycles. The van der Waals surface area contributed by atoms with Gasteiger partial charge < -0.3 is 9.47 Å². The third kappa shape index (κ3) is 3.96. The third-order valence-corrected chi connectivity index (χ3v) is 3.44. The Morgan fingerprint density at radius 3 is 2.68 bits per heavy atom. The van der Waals surface area contributed by atoms with Crippen LogP contribution in [-0.4, -0.2) is 44.5 Å². The van der Waals surface area contributed by atoms with Crippen molar-refractivity contribution in [2.75, 3.05) is 33.4 Å². The average molecular weight is 263 g/mol. The zero-order valence-electron chi connectivity index (χ0n) is 11.4. The molecule has 19 heavy (non-hydrogen) atoms. The second kappa shape index (κ2) is 7.14. The number of rotatable bonds is 6. The maximum absolute atomic E-state index is 10.7. The van der Waals surface area contributed by atoms with E-state index >= 15 is 0 Å². The van der Waals surface area contributed by atoms with E-state index in [4.69, 9.17) is 9.47 Å². The van der Waals surface area contributed by atoms with E-state index in [2.05, 4.69) is 4.90 Å². The van der Waals surface area contributed by atoms with Gasteiger partial charge in [-0.2, -0.15) is 0 Å². The Balaban J connectivity index is 1.86. The van der Waals surface area contributed by atoms with Crippen molar-refractivity contribution in [1.82, 2.24) is 4.90 Å². The van der Waals surface area contributed by atoms with Crippen LogP contribution >= 0.6 is 0 Å². The number of nitrogens with zero attached hydrogens (tertiary/aromatic N) is 1. The zero-order valence-corrected chi connectivity index (χ0v) is 11.4. The maximum Gasteiger partial charge on any atom is 0.161 e. The van der Waals surface area contributed by atoms with Crippen LogP contribution in [0.15, 0.2) is 18.2 Å². The van der Waals surface area contributed by atoms with E-state index in [-0.39, 0.29) is 0 Å². The summed E-state index contributed by atoms with van der Waals surface area (Å²) in [5, 5.41) is 0. The molecule has 0 bridgehead atoms. The molecular formula is C15H21NO3. The SMILES string of the molecule is COc1cc(C=O)ccc1OCCN1CCCCC1. The van der Waals surface area contributed by atoms with E-state index in [1.807, 2.05) is 0 Å². The summed E-state index contributed by atoms with van der Waals surface area (Å²) in [7, 11) is 1.58. The van der Waals surface area contributed by atoms with Gasteiger partial charge in [0.2, 0.25) is 0 Å². The van der Waals surface area contributed by atoms with Crippen LogP contribution in [0.4, 0.5) is 0 Å². The molecule has 0 atom stereocenters. The van der Waals surface area contributed by atoms with E-state index in [1.54, 1.807) is 25.3 Å². The fourth-order valence-corrected chi connectivity index (χ4v) is 2.34. The van der Waals surface area contributed by atoms with Crippen LogP contribution in [0.3, 0.4) is 0 Å². The molecule has 1 fully saturated rings. The summed E-state index contributed by atoms with van der Waals surface area (Å²) in [6.07, 6.45) is 4.73. The fourth-order valence-electron chi connectivity index (χ4n) is 2.34. The summed E-state index contributed by atoms with van der Waals surface area (Å²) in [5.41, 5.74) is 0.597. The van der Waals surface area contributed by atoms with Crippen molar-refractivity contribution in [2.45, 2.75) is 19.3 Å². The first kappa shape index (κ1) is 13.9. The topological polar surface area (TPSA) is 38.8 Å². The minimum absolute atomic E-state index is 0.597. The van der Waals surface area contributed by atoms with Gasteiger partial charge in [-0.1, -0.05) is 6.42 Å². The average Bonchev–Trinajstić information content (AvgIpc) is 2.48. The van der Waals surface area contributed by atoms with Crippen molar-refractivity contribution in [3.63, 3.8) is 0 Å². The largest absolute Gasteiger partial charge is 0.493 e. The number of piperidine rings is 1. The number of aldehydes is 1. The van der Waals surface area contributed by atoms with Gasteiger partial charge in [0.1, 0.15) is 12.9 Å². The molecule has 0 aliphatic carbocycles. The lowest BCUT2D eigenvalue weighted by atomic mass is 10.1. The number of likely N-dealkylation sites (tertiary alicyclic amines) is 1. The molecule has 1 heterocycles. The number of carbonyl (C=O) groups is 1. The van der Waals surface area contributed by atoms with Crippen molar-refractivity contribution >= 4 is 6.29 Å². The van der Waals surface area contributed by atoms with Gasteiger partial charge in [0.15, 0.2) is 11.5 Å². The number of benzene rings is 1. The normalized spacial score (nSPS) is 16.1. The molecule has 1 aliphatic rings. The Kier molecular flexibility index (Phi) is 5.21. The van der Waals surface area contributed by atoms with Crippen LogP contribution in [0.25, 0.3) is 0 Å². The molecule has 2 rings (SSSR count). The second-order valence-corrected chi connectivity index (χ2v) is 4.78. The minimum atomic E-state index is 0.597. The standard InChI is InChI=1S/C15H21NO3/c1-18-15-11-13(12-17)5-6-14(15)19-10-9-16-7-3-2-4-8-16/h5-6,11-12H,2-4,7-10H2,1H3. The smallest absolute Gasteiger partial charge is 0.161 e. The van der Waals surface area contributed by atoms with Crippen molar-refractivity contribution in [3.05, 3.63) is 23.8 Å². The molecule has 1 aliphatic heterocycles. The molecule has 0 spiro atoms. The summed E-state index contributed by atoms with van der Waals surface area (Å²) >= 11 is 0. The van der Waals surface area contributed by atoms with E-state index < -0.39 is 0 Å². The molecule has 104 valence electrons. The first-order valence-corrected chi connectivity index (χ1v) is 6.82. The molecule has 0 aromatic heterocycles. The summed E-state index contributed by atoms with van der Waals surface area (Å²) in [6, 6.07) is 5.23. The van der Waals surface area contributed by atoms with Crippen LogP contribution in [0.2, 0.25) is 0 Å². The summed E-state index contributed by atoms with van der Waals surface area (Å²) in [6.45, 7) is 3.94. The lowest BCUT2D eigenvalue weighted by Gasteiger charge is -2.26. The Labute approximate surface area is 114 Å². The molecule has 0 amide bonds. The van der Waals surface area contributed by atoms with Gasteiger partial charge >= 0.3 is 0 Å². The van der Waals surface area contributed by atoms with Crippen LogP contribution in [0.1, 0.15) is 29.6 Å². The van der Waals surface area contributed by atoms with Crippen LogP contribution < -0.4 is 9.47 Å². The van der Waals surface area contributed by atoms with Crippen LogP contribution in [-0.2, 0) is 0 Å². The van der Waals surface area contributed by atoms with Gasteiger partial charge in [-0.15, -0.1) is 0 Å². The van der Waals surface area contributed by atoms with Crippen molar-refractivity contribution in [3.8, 4) is 11.5 Å². The molecule has 0 N–H and O–H groups in total. The molecule has 4 nitrogen and oxygen atoms in total. The Bertz CT molecular complexity index is 414. The van der Waals surface area contributed by atoms with E-state index in [0.717, 1.165) is 12.8 Å². The first-order valence-electron chi connectivity index (χ1n) is 6.82. The molecule has 1 aromatic carbocycles. The number of ether oxygens (including phenoxy) is 2. The Hall–Kier alpha value is -1.55. The van der Waals surface area contributed by atoms with Crippen LogP contribution in [0.5, 0.6) is 11.5 Å². The van der Waals surface area contributed by atoms with Gasteiger partial charge in [0.25, 0.3) is 0 Å². The lowest BCUT2D eigenvalue weighted by molar-refractivity contribution is 0.112. The zero-order chi connectivity index (χ0) is 13.5. The fraction of sp³-hybridized carbons (Fsp3) is 0.533. The first-order chi connectivity index (χ1) is 9.33. The van der Waals surface area contributed by atoms with Crippen molar-refractivity contribution < 1.29 is 14.3 Å². The Morgan fingerprint density at radius 1 is 1.21 bits per heavy atom. The highest BCUT2D eigenvalue weighted by molar-refractivity contribution is 5.76. The molecule has 0 radical (unpaired) electrons. The number of methoxy groups -OCH3 is 1. The highest BCUT2D eigenvalue weighted by Crippen LogP contribution is 2.27. The lowest BCUT2D eigenvalue weighted by Crippen LogP contribution is -2.33. The van der Waals surface area contributed by atoms with Crippen molar-refractivity contribution in [2.24, 2.45) is 0 Å². The quantitative estimate of drug-likeness (QED) is 0.739. The van der Waals surface area contributed by atoms with E-state index in [0.29, 0.717) is 23.7 Å². The summed E-state index contributed by atoms with van der Waals surface area (Å²) in [5.74, 6) is 1.31. The monoisotopic (exact) mass is 263 g/mol. The van der Waals surface area contributed by atoms with Gasteiger partial charge in [-0.3, -0.25) is 9.69 Å². The van der Waals surface area contributed by atoms with Crippen LogP contribution in [0, 0.1) is 0 Å². The highest BCUT2D eigenvalue weighted by Gasteiger charge is 2.10. The minimum Gasteiger partial charge on any atom is -0.493 e. The molecule has 4 heteroatoms. The van der Waals surface area contributed by atoms with Crippen molar-refractivity contribution in [1.29, 1.82) is 0 Å². The predicted molar refractivity (Wildman–Crippen MR) is 74.2 cm³/mol. The predicted octanol–water partition coefficient (Wildman–Crippen LogP) is 2.37. The van der Waals surface area contributed by atoms with Gasteiger partial charge in [-0.25, -0.2) is 0 Å². The number of carbonyl (C=O) groups excluding carboxylic acids is 1. The Morgan fingerprint density at radius 2 is 2.00 bits per heavy atom. The van der Waals surface area contributed by atoms with Gasteiger partial charge in [-0.05, 0) is 44.1 Å². The third-order valence-electron chi connectivity index (χ3n) is 3.44. The molecule has 1 saturated heterocycles. The molecule has 0 unspecified atom stereocenters. The molecule has 1 aromatic rings. The molecular weight excluding hydrogens is 242 g/mol. The highest BCUT2D eigenvalue weighted by atomic mass is 16.5. The summed E-state index contributed by atoms with van der Waals surface area (Å²) in [4.78, 5) is 13.1. The summed E-state index contributed by atoms with van der Waals surface area (Å²) < 4.78 is 11.0. The van der Waals surface area contributed by atoms with E-state index in [1.165, 1.54) is 32.4 Å². The van der Waals surface area contributed by atoms with Gasteiger partial charge in [0, 0.05) is 12.1 Å². The number of hydrogen-bond donors (Lipinski definition) is 0. The van der Waals surface area contributed by atoms with Gasteiger partial charge in [0.05, 0.1) is 7.11 Å². The maximum atomic E-state index is 10.7. The number of hydrogen-bond acceptors (Lipinski definition) is 4. The van der Waals surface area contributed by atoms with E-state index in [9.17, 15) is 4.79 Å². The second-order valence-electron chi connectivity index (χ2n) is 4.78.